The molecule has 1 N–H and O–H groups in total. The number of hydrogen-bond acceptors (Lipinski definition) is 7. The predicted octanol–water partition coefficient (Wildman–Crippen LogP) is 2.58. The zero-order valence-corrected chi connectivity index (χ0v) is 18.3. The van der Waals surface area contributed by atoms with E-state index in [0.29, 0.717) is 22.2 Å². The molecular formula is C22H22ClN3O6. The summed E-state index contributed by atoms with van der Waals surface area (Å²) in [6.45, 7) is -0.887. The Morgan fingerprint density at radius 1 is 1.09 bits per heavy atom. The minimum atomic E-state index is -0.798. The average molecular weight is 460 g/mol. The lowest BCUT2D eigenvalue weighted by Crippen LogP contribution is -2.37. The second-order valence-electron chi connectivity index (χ2n) is 6.38. The first-order valence-corrected chi connectivity index (χ1v) is 9.85. The number of ether oxygens (including phenoxy) is 3. The molecule has 0 fully saturated rings. The number of esters is 1. The summed E-state index contributed by atoms with van der Waals surface area (Å²) in [6.07, 6.45) is 0.0895. The number of rotatable bonds is 10. The molecule has 0 aliphatic carbocycles. The van der Waals surface area contributed by atoms with Crippen molar-refractivity contribution < 1.29 is 28.6 Å². The maximum Gasteiger partial charge on any atom is 0.325 e. The molecule has 0 atom stereocenters. The van der Waals surface area contributed by atoms with E-state index in [-0.39, 0.29) is 18.5 Å². The van der Waals surface area contributed by atoms with Crippen LogP contribution in [-0.4, -0.2) is 51.7 Å². The lowest BCUT2D eigenvalue weighted by Gasteiger charge is -2.21. The first-order chi connectivity index (χ1) is 15.4. The van der Waals surface area contributed by atoms with Crippen molar-refractivity contribution in [3.63, 3.8) is 0 Å². The molecule has 2 amide bonds. The molecule has 0 aliphatic heterocycles. The summed E-state index contributed by atoms with van der Waals surface area (Å²) in [4.78, 5) is 38.2. The molecule has 0 unspecified atom stereocenters. The molecule has 0 aromatic heterocycles. The summed E-state index contributed by atoms with van der Waals surface area (Å²) in [5, 5.41) is 11.7. The van der Waals surface area contributed by atoms with Crippen molar-refractivity contribution in [3.05, 3.63) is 53.1 Å². The van der Waals surface area contributed by atoms with Crippen molar-refractivity contribution in [2.45, 2.75) is 6.42 Å². The van der Waals surface area contributed by atoms with Crippen LogP contribution in [0.4, 0.5) is 5.69 Å². The molecule has 32 heavy (non-hydrogen) atoms. The monoisotopic (exact) mass is 459 g/mol. The number of nitrogens with zero attached hydrogens (tertiary/aromatic N) is 2. The molecule has 0 saturated carbocycles. The van der Waals surface area contributed by atoms with Crippen molar-refractivity contribution in [1.82, 2.24) is 5.32 Å². The number of anilines is 1. The number of benzene rings is 2. The van der Waals surface area contributed by atoms with Gasteiger partial charge in [-0.25, -0.2) is 0 Å². The molecule has 2 rings (SSSR count). The van der Waals surface area contributed by atoms with Gasteiger partial charge in [0.25, 0.3) is 11.8 Å². The molecule has 0 heterocycles. The number of nitrogens with one attached hydrogen (secondary N) is 1. The molecule has 0 spiro atoms. The van der Waals surface area contributed by atoms with Crippen LogP contribution in [-0.2, 0) is 14.3 Å². The molecule has 10 heteroatoms. The zero-order chi connectivity index (χ0) is 23.5. The van der Waals surface area contributed by atoms with Crippen LogP contribution < -0.4 is 19.7 Å². The number of hydrogen-bond donors (Lipinski definition) is 1. The van der Waals surface area contributed by atoms with Gasteiger partial charge in [0.1, 0.15) is 18.0 Å². The summed E-state index contributed by atoms with van der Waals surface area (Å²) in [5.74, 6) is -1.03. The highest BCUT2D eigenvalue weighted by molar-refractivity contribution is 6.30. The van der Waals surface area contributed by atoms with Crippen molar-refractivity contribution in [1.29, 1.82) is 5.26 Å². The molecule has 9 nitrogen and oxygen atoms in total. The topological polar surface area (TPSA) is 118 Å². The van der Waals surface area contributed by atoms with Crippen molar-refractivity contribution in [3.8, 4) is 17.6 Å². The summed E-state index contributed by atoms with van der Waals surface area (Å²) in [6, 6.07) is 13.1. The van der Waals surface area contributed by atoms with Gasteiger partial charge in [-0.05, 0) is 30.3 Å². The first-order valence-electron chi connectivity index (χ1n) is 9.47. The van der Waals surface area contributed by atoms with E-state index in [9.17, 15) is 14.4 Å². The smallest absolute Gasteiger partial charge is 0.325 e. The highest BCUT2D eigenvalue weighted by Gasteiger charge is 2.18. The maximum atomic E-state index is 12.5. The minimum Gasteiger partial charge on any atom is -0.497 e. The van der Waals surface area contributed by atoms with Crippen LogP contribution in [0.5, 0.6) is 11.5 Å². The fourth-order valence-electron chi connectivity index (χ4n) is 2.67. The lowest BCUT2D eigenvalue weighted by molar-refractivity contribution is -0.146. The van der Waals surface area contributed by atoms with Crippen molar-refractivity contribution >= 4 is 35.1 Å². The quantitative estimate of drug-likeness (QED) is 0.542. The normalized spacial score (nSPS) is 9.94. The Hall–Kier alpha value is -3.77. The van der Waals surface area contributed by atoms with Crippen LogP contribution in [0.2, 0.25) is 5.02 Å². The van der Waals surface area contributed by atoms with Gasteiger partial charge in [0.2, 0.25) is 0 Å². The number of nitriles is 1. The molecule has 0 saturated heterocycles. The predicted molar refractivity (Wildman–Crippen MR) is 117 cm³/mol. The molecular weight excluding hydrogens is 438 g/mol. The number of carbonyl (C=O) groups is 3. The van der Waals surface area contributed by atoms with E-state index in [4.69, 9.17) is 31.1 Å². The number of carbonyl (C=O) groups excluding carboxylic acids is 3. The maximum absolute atomic E-state index is 12.5. The van der Waals surface area contributed by atoms with E-state index in [2.05, 4.69) is 5.32 Å². The third-order valence-electron chi connectivity index (χ3n) is 4.23. The van der Waals surface area contributed by atoms with E-state index < -0.39 is 30.9 Å². The Morgan fingerprint density at radius 2 is 1.78 bits per heavy atom. The van der Waals surface area contributed by atoms with Gasteiger partial charge in [-0.2, -0.15) is 5.26 Å². The van der Waals surface area contributed by atoms with Gasteiger partial charge >= 0.3 is 5.97 Å². The van der Waals surface area contributed by atoms with Gasteiger partial charge in [-0.3, -0.25) is 14.4 Å². The Bertz CT molecular complexity index is 999. The SMILES string of the molecule is COc1cc(OC)cc(C(=O)NCC(=O)OCC(=O)N(CCC#N)c2cccc(Cl)c2)c1. The number of methoxy groups -OCH3 is 2. The summed E-state index contributed by atoms with van der Waals surface area (Å²) >= 11 is 5.97. The van der Waals surface area contributed by atoms with Crippen LogP contribution in [0, 0.1) is 11.3 Å². The summed E-state index contributed by atoms with van der Waals surface area (Å²) in [7, 11) is 2.91. The van der Waals surface area contributed by atoms with Gasteiger partial charge in [0, 0.05) is 28.9 Å². The van der Waals surface area contributed by atoms with Gasteiger partial charge < -0.3 is 24.4 Å². The van der Waals surface area contributed by atoms with Crippen LogP contribution in [0.15, 0.2) is 42.5 Å². The van der Waals surface area contributed by atoms with Crippen LogP contribution in [0.3, 0.4) is 0 Å². The van der Waals surface area contributed by atoms with Crippen molar-refractivity contribution in [2.24, 2.45) is 0 Å². The minimum absolute atomic E-state index is 0.0895. The Balaban J connectivity index is 1.93. The Kier molecular flexibility index (Phi) is 9.32. The van der Waals surface area contributed by atoms with E-state index in [1.807, 2.05) is 6.07 Å². The first kappa shape index (κ1) is 24.5. The van der Waals surface area contributed by atoms with E-state index >= 15 is 0 Å². The molecule has 0 radical (unpaired) electrons. The van der Waals surface area contributed by atoms with Crippen LogP contribution in [0.1, 0.15) is 16.8 Å². The second kappa shape index (κ2) is 12.2. The third-order valence-corrected chi connectivity index (χ3v) is 4.47. The summed E-state index contributed by atoms with van der Waals surface area (Å²) in [5.41, 5.74) is 0.711. The third kappa shape index (κ3) is 7.18. The van der Waals surface area contributed by atoms with E-state index in [1.54, 1.807) is 30.3 Å². The van der Waals surface area contributed by atoms with Gasteiger partial charge in [-0.15, -0.1) is 0 Å². The molecule has 0 bridgehead atoms. The molecule has 0 aliphatic rings. The molecule has 168 valence electrons. The number of halogens is 1. The van der Waals surface area contributed by atoms with E-state index in [0.717, 1.165) is 0 Å². The van der Waals surface area contributed by atoms with Gasteiger partial charge in [0.15, 0.2) is 6.61 Å². The molecule has 2 aromatic carbocycles. The van der Waals surface area contributed by atoms with Gasteiger partial charge in [-0.1, -0.05) is 17.7 Å². The average Bonchev–Trinajstić information content (AvgIpc) is 2.81. The number of amides is 2. The van der Waals surface area contributed by atoms with Crippen LogP contribution in [0.25, 0.3) is 0 Å². The molecule has 2 aromatic rings. The highest BCUT2D eigenvalue weighted by atomic mass is 35.5. The van der Waals surface area contributed by atoms with Gasteiger partial charge in [0.05, 0.1) is 26.7 Å². The standard InChI is InChI=1S/C22H22ClN3O6/c1-30-18-9-15(10-19(12-18)31-2)22(29)25-13-21(28)32-14-20(27)26(8-4-7-24)17-6-3-5-16(23)11-17/h3,5-6,9-12H,4,8,13-14H2,1-2H3,(H,25,29). The second-order valence-corrected chi connectivity index (χ2v) is 6.81. The summed E-state index contributed by atoms with van der Waals surface area (Å²) < 4.78 is 15.2. The fourth-order valence-corrected chi connectivity index (χ4v) is 2.85. The Morgan fingerprint density at radius 3 is 2.38 bits per heavy atom. The van der Waals surface area contributed by atoms with Crippen molar-refractivity contribution in [2.75, 3.05) is 38.8 Å². The van der Waals surface area contributed by atoms with E-state index in [1.165, 1.54) is 31.3 Å². The lowest BCUT2D eigenvalue weighted by atomic mass is 10.2. The largest absolute Gasteiger partial charge is 0.497 e. The zero-order valence-electron chi connectivity index (χ0n) is 17.6. The highest BCUT2D eigenvalue weighted by Crippen LogP contribution is 2.22. The van der Waals surface area contributed by atoms with Crippen LogP contribution >= 0.6 is 11.6 Å². The Labute approximate surface area is 190 Å². The fraction of sp³-hybridized carbons (Fsp3) is 0.273.